The van der Waals surface area contributed by atoms with Crippen molar-refractivity contribution in [3.8, 4) is 0 Å². The van der Waals surface area contributed by atoms with E-state index in [1.54, 1.807) is 6.07 Å². The second kappa shape index (κ2) is 6.96. The Morgan fingerprint density at radius 3 is 2.71 bits per heavy atom. The third-order valence-corrected chi connectivity index (χ3v) is 3.09. The van der Waals surface area contributed by atoms with E-state index in [-0.39, 0.29) is 11.7 Å². The van der Waals surface area contributed by atoms with Crippen LogP contribution in [0.3, 0.4) is 0 Å². The topological polar surface area (TPSA) is 66.4 Å². The highest BCUT2D eigenvalue weighted by Gasteiger charge is 2.06. The monoisotopic (exact) mass is 253 g/mol. The zero-order valence-corrected chi connectivity index (χ0v) is 10.4. The molecule has 92 valence electrons. The first kappa shape index (κ1) is 13.6. The predicted molar refractivity (Wildman–Crippen MR) is 68.5 cm³/mol. The standard InChI is InChI=1S/C12H15NO3S/c1-9-4-2-3-5-10(9)12(16)13-6-7-17-8-11(14)15/h2-5H,6-8H2,1H3,(H,13,16)(H,14,15). The van der Waals surface area contributed by atoms with Gasteiger partial charge in [-0.05, 0) is 18.6 Å². The van der Waals surface area contributed by atoms with Gasteiger partial charge < -0.3 is 10.4 Å². The van der Waals surface area contributed by atoms with Gasteiger partial charge in [0.15, 0.2) is 0 Å². The van der Waals surface area contributed by atoms with Gasteiger partial charge in [0.05, 0.1) is 5.75 Å². The molecule has 0 aliphatic heterocycles. The summed E-state index contributed by atoms with van der Waals surface area (Å²) < 4.78 is 0. The van der Waals surface area contributed by atoms with Crippen molar-refractivity contribution in [3.63, 3.8) is 0 Å². The molecule has 0 aliphatic carbocycles. The maximum absolute atomic E-state index is 11.7. The third kappa shape index (κ3) is 4.91. The van der Waals surface area contributed by atoms with Crippen LogP contribution in [-0.2, 0) is 4.79 Å². The summed E-state index contributed by atoms with van der Waals surface area (Å²) in [4.78, 5) is 22.0. The van der Waals surface area contributed by atoms with Crippen molar-refractivity contribution in [2.24, 2.45) is 0 Å². The molecule has 0 saturated heterocycles. The van der Waals surface area contributed by atoms with Crippen LogP contribution in [-0.4, -0.2) is 35.0 Å². The Bertz CT molecular complexity index is 406. The molecule has 0 aliphatic rings. The van der Waals surface area contributed by atoms with E-state index in [4.69, 9.17) is 5.11 Å². The van der Waals surface area contributed by atoms with Crippen molar-refractivity contribution >= 4 is 23.6 Å². The molecule has 0 aromatic heterocycles. The molecule has 0 heterocycles. The number of carboxylic acids is 1. The highest BCUT2D eigenvalue weighted by molar-refractivity contribution is 7.99. The van der Waals surface area contributed by atoms with E-state index in [0.717, 1.165) is 5.56 Å². The summed E-state index contributed by atoms with van der Waals surface area (Å²) >= 11 is 1.29. The summed E-state index contributed by atoms with van der Waals surface area (Å²) in [6.07, 6.45) is 0. The number of carbonyl (C=O) groups excluding carboxylic acids is 1. The molecule has 0 radical (unpaired) electrons. The summed E-state index contributed by atoms with van der Waals surface area (Å²) in [6, 6.07) is 7.36. The molecule has 1 aromatic rings. The summed E-state index contributed by atoms with van der Waals surface area (Å²) in [5.41, 5.74) is 1.60. The van der Waals surface area contributed by atoms with Crippen LogP contribution in [0.25, 0.3) is 0 Å². The largest absolute Gasteiger partial charge is 0.481 e. The number of amides is 1. The Hall–Kier alpha value is -1.49. The Balaban J connectivity index is 2.31. The highest BCUT2D eigenvalue weighted by atomic mass is 32.2. The molecule has 1 aromatic carbocycles. The molecule has 0 saturated carbocycles. The van der Waals surface area contributed by atoms with E-state index in [0.29, 0.717) is 17.9 Å². The van der Waals surface area contributed by atoms with Crippen LogP contribution in [0.15, 0.2) is 24.3 Å². The van der Waals surface area contributed by atoms with Crippen LogP contribution in [0.1, 0.15) is 15.9 Å². The fourth-order valence-electron chi connectivity index (χ4n) is 1.32. The zero-order chi connectivity index (χ0) is 12.7. The zero-order valence-electron chi connectivity index (χ0n) is 9.60. The van der Waals surface area contributed by atoms with Crippen molar-refractivity contribution in [3.05, 3.63) is 35.4 Å². The minimum atomic E-state index is -0.833. The molecule has 1 amide bonds. The van der Waals surface area contributed by atoms with Gasteiger partial charge in [0, 0.05) is 17.9 Å². The van der Waals surface area contributed by atoms with Crippen LogP contribution < -0.4 is 5.32 Å². The summed E-state index contributed by atoms with van der Waals surface area (Å²) in [5.74, 6) is -0.274. The Morgan fingerprint density at radius 1 is 1.35 bits per heavy atom. The molecular weight excluding hydrogens is 238 g/mol. The van der Waals surface area contributed by atoms with Crippen molar-refractivity contribution in [1.82, 2.24) is 5.32 Å². The number of benzene rings is 1. The highest BCUT2D eigenvalue weighted by Crippen LogP contribution is 2.06. The Labute approximate surface area is 104 Å². The molecule has 0 atom stereocenters. The lowest BCUT2D eigenvalue weighted by atomic mass is 10.1. The summed E-state index contributed by atoms with van der Waals surface area (Å²) in [5, 5.41) is 11.2. The molecule has 4 nitrogen and oxygen atoms in total. The SMILES string of the molecule is Cc1ccccc1C(=O)NCCSCC(=O)O. The molecule has 1 rings (SSSR count). The number of hydrogen-bond donors (Lipinski definition) is 2. The normalized spacial score (nSPS) is 9.94. The maximum atomic E-state index is 11.7. The van der Waals surface area contributed by atoms with Crippen LogP contribution >= 0.6 is 11.8 Å². The second-order valence-corrected chi connectivity index (χ2v) is 4.62. The van der Waals surface area contributed by atoms with Crippen molar-refractivity contribution in [2.45, 2.75) is 6.92 Å². The van der Waals surface area contributed by atoms with Crippen LogP contribution in [0.4, 0.5) is 0 Å². The molecular formula is C12H15NO3S. The van der Waals surface area contributed by atoms with E-state index >= 15 is 0 Å². The van der Waals surface area contributed by atoms with Gasteiger partial charge in [-0.3, -0.25) is 9.59 Å². The average molecular weight is 253 g/mol. The number of thioether (sulfide) groups is 1. The van der Waals surface area contributed by atoms with Gasteiger partial charge in [-0.2, -0.15) is 0 Å². The number of nitrogens with one attached hydrogen (secondary N) is 1. The molecule has 0 bridgehead atoms. The van der Waals surface area contributed by atoms with Gasteiger partial charge in [0.1, 0.15) is 0 Å². The van der Waals surface area contributed by atoms with Crippen LogP contribution in [0.2, 0.25) is 0 Å². The van der Waals surface area contributed by atoms with Gasteiger partial charge in [-0.1, -0.05) is 18.2 Å². The number of carbonyl (C=O) groups is 2. The lowest BCUT2D eigenvalue weighted by Gasteiger charge is -2.06. The van der Waals surface area contributed by atoms with Gasteiger partial charge in [-0.15, -0.1) is 11.8 Å². The maximum Gasteiger partial charge on any atom is 0.313 e. The molecule has 0 fully saturated rings. The number of hydrogen-bond acceptors (Lipinski definition) is 3. The minimum Gasteiger partial charge on any atom is -0.481 e. The van der Waals surface area contributed by atoms with Crippen molar-refractivity contribution in [2.75, 3.05) is 18.1 Å². The summed E-state index contributed by atoms with van der Waals surface area (Å²) in [6.45, 7) is 2.36. The summed E-state index contributed by atoms with van der Waals surface area (Å²) in [7, 11) is 0. The van der Waals surface area contributed by atoms with E-state index in [9.17, 15) is 9.59 Å². The van der Waals surface area contributed by atoms with Crippen molar-refractivity contribution < 1.29 is 14.7 Å². The molecule has 2 N–H and O–H groups in total. The first-order chi connectivity index (χ1) is 8.11. The lowest BCUT2D eigenvalue weighted by Crippen LogP contribution is -2.26. The number of rotatable bonds is 6. The Kier molecular flexibility index (Phi) is 5.56. The quantitative estimate of drug-likeness (QED) is 0.755. The van der Waals surface area contributed by atoms with Crippen LogP contribution in [0.5, 0.6) is 0 Å². The molecule has 17 heavy (non-hydrogen) atoms. The first-order valence-electron chi connectivity index (χ1n) is 5.24. The van der Waals surface area contributed by atoms with Gasteiger partial charge >= 0.3 is 5.97 Å². The number of aryl methyl sites for hydroxylation is 1. The second-order valence-electron chi connectivity index (χ2n) is 3.52. The average Bonchev–Trinajstić information content (AvgIpc) is 2.28. The van der Waals surface area contributed by atoms with E-state index < -0.39 is 5.97 Å². The van der Waals surface area contributed by atoms with Gasteiger partial charge in [0.25, 0.3) is 5.91 Å². The first-order valence-corrected chi connectivity index (χ1v) is 6.40. The predicted octanol–water partition coefficient (Wildman–Crippen LogP) is 1.54. The molecule has 0 unspecified atom stereocenters. The van der Waals surface area contributed by atoms with Crippen molar-refractivity contribution in [1.29, 1.82) is 0 Å². The number of carboxylic acid groups (broad SMARTS) is 1. The van der Waals surface area contributed by atoms with E-state index in [2.05, 4.69) is 5.32 Å². The number of aliphatic carboxylic acids is 1. The fraction of sp³-hybridized carbons (Fsp3) is 0.333. The van der Waals surface area contributed by atoms with Crippen LogP contribution in [0, 0.1) is 6.92 Å². The lowest BCUT2D eigenvalue weighted by molar-refractivity contribution is -0.133. The molecule has 5 heteroatoms. The van der Waals surface area contributed by atoms with Gasteiger partial charge in [-0.25, -0.2) is 0 Å². The fourth-order valence-corrected chi connectivity index (χ4v) is 1.88. The Morgan fingerprint density at radius 2 is 2.06 bits per heavy atom. The van der Waals surface area contributed by atoms with E-state index in [1.165, 1.54) is 11.8 Å². The third-order valence-electron chi connectivity index (χ3n) is 2.15. The molecule has 0 spiro atoms. The smallest absolute Gasteiger partial charge is 0.313 e. The van der Waals surface area contributed by atoms with Gasteiger partial charge in [0.2, 0.25) is 0 Å². The van der Waals surface area contributed by atoms with E-state index in [1.807, 2.05) is 25.1 Å². The minimum absolute atomic E-state index is 0.0697.